The van der Waals surface area contributed by atoms with Gasteiger partial charge in [0.1, 0.15) is 0 Å². The summed E-state index contributed by atoms with van der Waals surface area (Å²) in [7, 11) is 0. The second-order valence-electron chi connectivity index (χ2n) is 8.75. The molecule has 0 aliphatic carbocycles. The topological polar surface area (TPSA) is 219 Å². The molecule has 214 valence electrons. The maximum Gasteiger partial charge on any atom is 0.275 e. The van der Waals surface area contributed by atoms with Crippen molar-refractivity contribution in [2.24, 2.45) is 0 Å². The Hall–Kier alpha value is -4.18. The van der Waals surface area contributed by atoms with Gasteiger partial charge in [-0.1, -0.05) is 0 Å². The van der Waals surface area contributed by atoms with Crippen LogP contribution < -0.4 is 26.3 Å². The maximum atomic E-state index is 11.9. The molecule has 0 aromatic rings. The molecule has 0 saturated carbocycles. The first-order chi connectivity index (χ1) is 18.6. The van der Waals surface area contributed by atoms with Crippen LogP contribution in [0.3, 0.4) is 0 Å². The van der Waals surface area contributed by atoms with Gasteiger partial charge in [-0.3, -0.25) is 48.2 Å². The Bertz CT molecular complexity index is 980. The molecule has 1 unspecified atom stereocenters. The van der Waals surface area contributed by atoms with E-state index in [2.05, 4.69) is 21.3 Å². The highest BCUT2D eigenvalue weighted by Gasteiger charge is 2.28. The lowest BCUT2D eigenvalue weighted by Gasteiger charge is -2.21. The molecule has 8 amide bonds. The molecule has 0 radical (unpaired) electrons. The molecule has 0 aromatic heterocycles. The monoisotopic (exact) mass is 551 g/mol. The first-order valence-electron chi connectivity index (χ1n) is 12.5. The van der Waals surface area contributed by atoms with E-state index < -0.39 is 47.1 Å². The van der Waals surface area contributed by atoms with Crippen LogP contribution in [0.2, 0.25) is 0 Å². The van der Waals surface area contributed by atoms with Gasteiger partial charge < -0.3 is 31.5 Å². The molecule has 2 rings (SSSR count). The predicted molar refractivity (Wildman–Crippen MR) is 132 cm³/mol. The van der Waals surface area contributed by atoms with Gasteiger partial charge in [-0.2, -0.15) is 0 Å². The van der Waals surface area contributed by atoms with Crippen molar-refractivity contribution in [3.63, 3.8) is 0 Å². The van der Waals surface area contributed by atoms with E-state index in [-0.39, 0.29) is 89.7 Å². The van der Waals surface area contributed by atoms with E-state index in [0.717, 1.165) is 22.0 Å². The lowest BCUT2D eigenvalue weighted by molar-refractivity contribution is -0.837. The zero-order chi connectivity index (χ0) is 28.8. The molecule has 2 aliphatic rings. The molecule has 1 fully saturated rings. The van der Waals surface area contributed by atoms with Crippen LogP contribution in [0, 0.1) is 5.21 Å². The van der Waals surface area contributed by atoms with Crippen molar-refractivity contribution < 1.29 is 43.4 Å². The van der Waals surface area contributed by atoms with Gasteiger partial charge in [0, 0.05) is 64.0 Å². The van der Waals surface area contributed by atoms with Gasteiger partial charge in [-0.25, -0.2) is 0 Å². The van der Waals surface area contributed by atoms with E-state index in [0.29, 0.717) is 0 Å². The Morgan fingerprint density at radius 2 is 1.31 bits per heavy atom. The highest BCUT2D eigenvalue weighted by Crippen LogP contribution is 2.12. The fourth-order valence-electron chi connectivity index (χ4n) is 3.63. The third kappa shape index (κ3) is 11.4. The Morgan fingerprint density at radius 1 is 0.718 bits per heavy atom. The van der Waals surface area contributed by atoms with Crippen molar-refractivity contribution in [1.82, 2.24) is 31.1 Å². The quantitative estimate of drug-likeness (QED) is 0.0862. The summed E-state index contributed by atoms with van der Waals surface area (Å²) in [4.78, 5) is 95.2. The third-order valence-electron chi connectivity index (χ3n) is 5.70. The van der Waals surface area contributed by atoms with Gasteiger partial charge in [0.2, 0.25) is 29.5 Å². The maximum absolute atomic E-state index is 11.9. The smallest absolute Gasteiger partial charge is 0.275 e. The van der Waals surface area contributed by atoms with Gasteiger partial charge in [-0.15, -0.1) is 0 Å². The molecule has 16 nitrogen and oxygen atoms in total. The summed E-state index contributed by atoms with van der Waals surface area (Å²) in [6.45, 7) is -0.616. The van der Waals surface area contributed by atoms with Gasteiger partial charge in [0.15, 0.2) is 6.54 Å². The van der Waals surface area contributed by atoms with Crippen LogP contribution in [-0.4, -0.2) is 109 Å². The SMILES string of the molecule is O=C(CCNC(=O)C[NH+]([O-])CCNC(=O)CNC(=O)CCCN1C(=O)CCC1=O)NCCN1C(=O)C=CC1=O. The minimum absolute atomic E-state index is 0.0117. The van der Waals surface area contributed by atoms with E-state index in [9.17, 15) is 43.6 Å². The van der Waals surface area contributed by atoms with Crippen molar-refractivity contribution in [3.05, 3.63) is 17.4 Å². The predicted octanol–water partition coefficient (Wildman–Crippen LogP) is -4.92. The van der Waals surface area contributed by atoms with Crippen LogP contribution in [-0.2, 0) is 38.4 Å². The first kappa shape index (κ1) is 31.0. The van der Waals surface area contributed by atoms with E-state index in [1.54, 1.807) is 0 Å². The van der Waals surface area contributed by atoms with Crippen molar-refractivity contribution in [2.45, 2.75) is 32.1 Å². The van der Waals surface area contributed by atoms with Crippen molar-refractivity contribution in [1.29, 1.82) is 0 Å². The lowest BCUT2D eigenvalue weighted by Crippen LogP contribution is -3.09. The Morgan fingerprint density at radius 3 is 1.97 bits per heavy atom. The number of imide groups is 2. The van der Waals surface area contributed by atoms with Crippen LogP contribution in [0.1, 0.15) is 32.1 Å². The highest BCUT2D eigenvalue weighted by molar-refractivity contribution is 6.12. The van der Waals surface area contributed by atoms with E-state index in [1.807, 2.05) is 0 Å². The molecular formula is C23H33N7O9. The number of hydrogen-bond donors (Lipinski definition) is 5. The van der Waals surface area contributed by atoms with Crippen molar-refractivity contribution in [3.8, 4) is 0 Å². The number of nitrogens with zero attached hydrogens (tertiary/aromatic N) is 2. The summed E-state index contributed by atoms with van der Waals surface area (Å²) in [5.74, 6) is -3.32. The minimum Gasteiger partial charge on any atom is -0.634 e. The highest BCUT2D eigenvalue weighted by atomic mass is 16.5. The summed E-state index contributed by atoms with van der Waals surface area (Å²) >= 11 is 0. The molecule has 16 heteroatoms. The van der Waals surface area contributed by atoms with Gasteiger partial charge in [-0.05, 0) is 6.42 Å². The number of amides is 8. The number of rotatable bonds is 17. The average molecular weight is 552 g/mol. The number of carbonyl (C=O) groups excluding carboxylic acids is 8. The number of likely N-dealkylation sites (tertiary alicyclic amines) is 1. The molecular weight excluding hydrogens is 518 g/mol. The zero-order valence-electron chi connectivity index (χ0n) is 21.4. The average Bonchev–Trinajstić information content (AvgIpc) is 3.37. The van der Waals surface area contributed by atoms with Crippen LogP contribution in [0.4, 0.5) is 0 Å². The number of nitrogens with one attached hydrogen (secondary N) is 5. The Labute approximate surface area is 224 Å². The summed E-state index contributed by atoms with van der Waals surface area (Å²) in [5.41, 5.74) is 0. The summed E-state index contributed by atoms with van der Waals surface area (Å²) in [5, 5.41) is 21.3. The van der Waals surface area contributed by atoms with Crippen LogP contribution in [0.5, 0.6) is 0 Å². The molecule has 0 spiro atoms. The fourth-order valence-corrected chi connectivity index (χ4v) is 3.63. The Balaban J connectivity index is 1.45. The first-order valence-corrected chi connectivity index (χ1v) is 12.5. The summed E-state index contributed by atoms with van der Waals surface area (Å²) < 4.78 is 0. The summed E-state index contributed by atoms with van der Waals surface area (Å²) in [6, 6.07) is 0. The van der Waals surface area contributed by atoms with Crippen molar-refractivity contribution in [2.75, 3.05) is 52.4 Å². The number of hydrogen-bond acceptors (Lipinski definition) is 9. The second kappa shape index (κ2) is 15.9. The Kier molecular flexibility index (Phi) is 12.7. The van der Waals surface area contributed by atoms with Crippen molar-refractivity contribution >= 4 is 47.3 Å². The second-order valence-corrected chi connectivity index (χ2v) is 8.75. The van der Waals surface area contributed by atoms with E-state index in [4.69, 9.17) is 0 Å². The van der Waals surface area contributed by atoms with Crippen LogP contribution >= 0.6 is 0 Å². The van der Waals surface area contributed by atoms with E-state index in [1.165, 1.54) is 0 Å². The number of carbonyl (C=O) groups is 8. The molecule has 1 atom stereocenters. The molecule has 5 N–H and O–H groups in total. The third-order valence-corrected chi connectivity index (χ3v) is 5.70. The standard InChI is InChI=1S/C23H33N7O9/c31-16(2-1-11-29-20(35)3-4-21(29)36)27-14-18(33)26-9-12-28(39)15-19(34)24-8-7-17(32)25-10-13-30-22(37)5-6-23(30)38/h5-6,28H,1-4,7-15H2,(H,24,34)(H,25,32)(H,26,33)(H,27,31). The largest absolute Gasteiger partial charge is 0.634 e. The molecule has 0 bridgehead atoms. The van der Waals surface area contributed by atoms with Crippen LogP contribution in [0.25, 0.3) is 0 Å². The molecule has 2 aliphatic heterocycles. The van der Waals surface area contributed by atoms with Gasteiger partial charge in [0.25, 0.3) is 17.7 Å². The number of hydroxylamine groups is 2. The zero-order valence-corrected chi connectivity index (χ0v) is 21.4. The molecule has 1 saturated heterocycles. The van der Waals surface area contributed by atoms with Gasteiger partial charge >= 0.3 is 0 Å². The molecule has 39 heavy (non-hydrogen) atoms. The van der Waals surface area contributed by atoms with E-state index >= 15 is 0 Å². The number of quaternary nitrogens is 1. The minimum atomic E-state index is -0.581. The molecule has 0 aromatic carbocycles. The lowest BCUT2D eigenvalue weighted by atomic mass is 10.3. The fraction of sp³-hybridized carbons (Fsp3) is 0.565. The summed E-state index contributed by atoms with van der Waals surface area (Å²) in [6.07, 6.45) is 2.93. The molecule has 2 heterocycles. The van der Waals surface area contributed by atoms with Gasteiger partial charge in [0.05, 0.1) is 19.6 Å². The normalized spacial score (nSPS) is 15.5. The van der Waals surface area contributed by atoms with Crippen LogP contribution in [0.15, 0.2) is 12.2 Å².